The highest BCUT2D eigenvalue weighted by atomic mass is 35.5. The number of benzene rings is 2. The van der Waals surface area contributed by atoms with Gasteiger partial charge in [-0.3, -0.25) is 5.73 Å². The van der Waals surface area contributed by atoms with Gasteiger partial charge in [-0.15, -0.1) is 0 Å². The number of amides is 1. The highest BCUT2D eigenvalue weighted by Crippen LogP contribution is 2.30. The standard InChI is InChI=1S/C20H25ClN2O2/c1-20(2,3)10-11-23-13-14-4-7-16(8-5-14)25-18-9-6-15(19(22)24)12-17(18)21/h4-9,12,23H,10-11,13H2,1-3H3,(H2,22,24)/p+1. The zero-order chi connectivity index (χ0) is 18.4. The molecule has 0 aliphatic rings. The molecule has 0 radical (unpaired) electrons. The second kappa shape index (κ2) is 8.48. The van der Waals surface area contributed by atoms with E-state index in [0.717, 1.165) is 19.5 Å². The maximum absolute atomic E-state index is 11.3. The maximum Gasteiger partial charge on any atom is 0.341 e. The number of halogens is 1. The van der Waals surface area contributed by atoms with Crippen molar-refractivity contribution in [3.8, 4) is 11.5 Å². The Hall–Kier alpha value is -1.88. The van der Waals surface area contributed by atoms with E-state index in [9.17, 15) is 4.79 Å². The summed E-state index contributed by atoms with van der Waals surface area (Å²) in [5.41, 5.74) is 5.38. The second-order valence-corrected chi connectivity index (χ2v) is 7.71. The SMILES string of the molecule is CC(C)(C)CCNCc1ccc(Oc2ccc(C([NH3+])=O)cc2Cl)cc1. The van der Waals surface area contributed by atoms with E-state index < -0.39 is 0 Å². The number of quaternary nitrogens is 1. The quantitative estimate of drug-likeness (QED) is 0.731. The van der Waals surface area contributed by atoms with Crippen LogP contribution in [0.4, 0.5) is 0 Å². The molecule has 4 nitrogen and oxygen atoms in total. The van der Waals surface area contributed by atoms with E-state index in [-0.39, 0.29) is 5.91 Å². The molecular weight excluding hydrogens is 336 g/mol. The number of carbonyl (C=O) groups excluding carboxylic acids is 1. The molecule has 0 fully saturated rings. The van der Waals surface area contributed by atoms with Gasteiger partial charge in [0.15, 0.2) is 0 Å². The molecule has 0 aliphatic carbocycles. The van der Waals surface area contributed by atoms with E-state index in [1.807, 2.05) is 24.3 Å². The predicted molar refractivity (Wildman–Crippen MR) is 101 cm³/mol. The highest BCUT2D eigenvalue weighted by molar-refractivity contribution is 6.32. The molecule has 0 spiro atoms. The summed E-state index contributed by atoms with van der Waals surface area (Å²) in [7, 11) is 0. The summed E-state index contributed by atoms with van der Waals surface area (Å²) in [6.45, 7) is 8.55. The van der Waals surface area contributed by atoms with Crippen molar-refractivity contribution in [2.24, 2.45) is 5.41 Å². The third-order valence-corrected chi connectivity index (χ3v) is 4.08. The molecule has 0 saturated heterocycles. The Labute approximate surface area is 154 Å². The summed E-state index contributed by atoms with van der Waals surface area (Å²) >= 11 is 6.16. The first-order valence-corrected chi connectivity index (χ1v) is 8.76. The number of nitrogens with one attached hydrogen (secondary N) is 1. The number of hydrogen-bond donors (Lipinski definition) is 2. The van der Waals surface area contributed by atoms with Crippen LogP contribution in [0, 0.1) is 5.41 Å². The van der Waals surface area contributed by atoms with Gasteiger partial charge in [0, 0.05) is 6.54 Å². The summed E-state index contributed by atoms with van der Waals surface area (Å²) in [5.74, 6) is 0.952. The molecule has 25 heavy (non-hydrogen) atoms. The lowest BCUT2D eigenvalue weighted by Gasteiger charge is -2.18. The van der Waals surface area contributed by atoms with Crippen LogP contribution in [0.1, 0.15) is 43.1 Å². The monoisotopic (exact) mass is 361 g/mol. The molecule has 0 aliphatic heterocycles. The fourth-order valence-corrected chi connectivity index (χ4v) is 2.47. The molecule has 4 N–H and O–H groups in total. The summed E-state index contributed by atoms with van der Waals surface area (Å²) in [4.78, 5) is 11.3. The highest BCUT2D eigenvalue weighted by Gasteiger charge is 2.10. The topological polar surface area (TPSA) is 66.0 Å². The number of rotatable bonds is 7. The Morgan fingerprint density at radius 2 is 1.84 bits per heavy atom. The number of carbonyl (C=O) groups is 1. The fourth-order valence-electron chi connectivity index (χ4n) is 2.26. The van der Waals surface area contributed by atoms with Gasteiger partial charge in [0.2, 0.25) is 0 Å². The molecule has 0 bridgehead atoms. The Balaban J connectivity index is 1.91. The Kier molecular flexibility index (Phi) is 6.59. The predicted octanol–water partition coefficient (Wildman–Crippen LogP) is 4.04. The van der Waals surface area contributed by atoms with Gasteiger partial charge in [-0.1, -0.05) is 44.5 Å². The van der Waals surface area contributed by atoms with Crippen molar-refractivity contribution in [1.82, 2.24) is 5.32 Å². The molecule has 0 unspecified atom stereocenters. The molecule has 5 heteroatoms. The van der Waals surface area contributed by atoms with Crippen molar-refractivity contribution in [3.05, 3.63) is 58.6 Å². The average molecular weight is 362 g/mol. The van der Waals surface area contributed by atoms with E-state index in [1.54, 1.807) is 18.2 Å². The van der Waals surface area contributed by atoms with Crippen LogP contribution < -0.4 is 15.8 Å². The lowest BCUT2D eigenvalue weighted by atomic mass is 9.92. The van der Waals surface area contributed by atoms with Gasteiger partial charge in [-0.2, -0.15) is 0 Å². The summed E-state index contributed by atoms with van der Waals surface area (Å²) < 4.78 is 5.79. The lowest BCUT2D eigenvalue weighted by Crippen LogP contribution is -2.56. The molecule has 1 amide bonds. The lowest BCUT2D eigenvalue weighted by molar-refractivity contribution is -0.255. The Morgan fingerprint density at radius 3 is 2.40 bits per heavy atom. The largest absolute Gasteiger partial charge is 0.456 e. The van der Waals surface area contributed by atoms with Gasteiger partial charge in [0.25, 0.3) is 0 Å². The molecule has 2 rings (SSSR count). The third-order valence-electron chi connectivity index (χ3n) is 3.79. The van der Waals surface area contributed by atoms with Crippen LogP contribution in [-0.4, -0.2) is 12.5 Å². The van der Waals surface area contributed by atoms with E-state index >= 15 is 0 Å². The van der Waals surface area contributed by atoms with Gasteiger partial charge < -0.3 is 10.1 Å². The molecule has 0 aromatic heterocycles. The van der Waals surface area contributed by atoms with Crippen molar-refractivity contribution in [2.75, 3.05) is 6.54 Å². The van der Waals surface area contributed by atoms with Gasteiger partial charge in [0.05, 0.1) is 10.6 Å². The van der Waals surface area contributed by atoms with Gasteiger partial charge in [0.1, 0.15) is 11.5 Å². The van der Waals surface area contributed by atoms with Crippen LogP contribution >= 0.6 is 11.6 Å². The molecule has 0 saturated carbocycles. The van der Waals surface area contributed by atoms with Gasteiger partial charge in [-0.25, -0.2) is 4.79 Å². The third kappa shape index (κ3) is 6.50. The maximum atomic E-state index is 11.3. The molecular formula is C20H26ClN2O2+. The van der Waals surface area contributed by atoms with Crippen molar-refractivity contribution in [1.29, 1.82) is 0 Å². The minimum atomic E-state index is -0.267. The minimum Gasteiger partial charge on any atom is -0.456 e. The van der Waals surface area contributed by atoms with E-state index in [1.165, 1.54) is 5.56 Å². The molecule has 2 aromatic carbocycles. The first-order chi connectivity index (χ1) is 11.7. The normalized spacial score (nSPS) is 11.4. The number of hydrogen-bond acceptors (Lipinski definition) is 3. The van der Waals surface area contributed by atoms with Crippen LogP contribution in [0.15, 0.2) is 42.5 Å². The van der Waals surface area contributed by atoms with Crippen molar-refractivity contribution in [3.63, 3.8) is 0 Å². The van der Waals surface area contributed by atoms with Crippen LogP contribution in [0.3, 0.4) is 0 Å². The minimum absolute atomic E-state index is 0.267. The van der Waals surface area contributed by atoms with Crippen molar-refractivity contribution >= 4 is 17.5 Å². The Bertz CT molecular complexity index is 721. The van der Waals surface area contributed by atoms with Gasteiger partial charge >= 0.3 is 5.91 Å². The second-order valence-electron chi connectivity index (χ2n) is 7.30. The first-order valence-electron chi connectivity index (χ1n) is 8.38. The summed E-state index contributed by atoms with van der Waals surface area (Å²) in [6, 6.07) is 12.8. The van der Waals surface area contributed by atoms with Crippen LogP contribution in [0.5, 0.6) is 11.5 Å². The summed E-state index contributed by atoms with van der Waals surface area (Å²) in [6.07, 6.45) is 1.14. The smallest absolute Gasteiger partial charge is 0.341 e. The van der Waals surface area contributed by atoms with Gasteiger partial charge in [-0.05, 0) is 54.3 Å². The zero-order valence-electron chi connectivity index (χ0n) is 15.1. The fraction of sp³-hybridized carbons (Fsp3) is 0.350. The molecule has 0 heterocycles. The van der Waals surface area contributed by atoms with Crippen molar-refractivity contribution < 1.29 is 15.3 Å². The van der Waals surface area contributed by atoms with Crippen molar-refractivity contribution in [2.45, 2.75) is 33.7 Å². The summed E-state index contributed by atoms with van der Waals surface area (Å²) in [5, 5.41) is 3.84. The van der Waals surface area contributed by atoms with E-state index in [2.05, 4.69) is 31.8 Å². The van der Waals surface area contributed by atoms with E-state index in [4.69, 9.17) is 16.3 Å². The van der Waals surface area contributed by atoms with Crippen LogP contribution in [-0.2, 0) is 6.54 Å². The number of ether oxygens (including phenoxy) is 1. The first kappa shape index (κ1) is 19.4. The average Bonchev–Trinajstić information content (AvgIpc) is 2.54. The molecule has 134 valence electrons. The molecule has 2 aromatic rings. The van der Waals surface area contributed by atoms with Crippen LogP contribution in [0.25, 0.3) is 0 Å². The van der Waals surface area contributed by atoms with Crippen LogP contribution in [0.2, 0.25) is 5.02 Å². The van der Waals surface area contributed by atoms with E-state index in [0.29, 0.717) is 27.5 Å². The molecule has 0 atom stereocenters. The Morgan fingerprint density at radius 1 is 1.16 bits per heavy atom. The zero-order valence-corrected chi connectivity index (χ0v) is 15.8.